The highest BCUT2D eigenvalue weighted by Gasteiger charge is 2.09. The molecule has 2 aromatic carbocycles. The van der Waals surface area contributed by atoms with E-state index >= 15 is 0 Å². The van der Waals surface area contributed by atoms with Crippen LogP contribution in [-0.4, -0.2) is 10.1 Å². The number of ether oxygens (including phenoxy) is 1. The van der Waals surface area contributed by atoms with E-state index in [1.165, 1.54) is 11.1 Å². The Balaban J connectivity index is 1.64. The third kappa shape index (κ3) is 3.77. The van der Waals surface area contributed by atoms with Gasteiger partial charge in [-0.15, -0.1) is 0 Å². The number of hydrogen-bond acceptors (Lipinski definition) is 4. The first-order valence-corrected chi connectivity index (χ1v) is 7.74. The monoisotopic (exact) mass is 308 g/mol. The van der Waals surface area contributed by atoms with Crippen molar-refractivity contribution in [3.63, 3.8) is 0 Å². The summed E-state index contributed by atoms with van der Waals surface area (Å²) < 4.78 is 10.9. The lowest BCUT2D eigenvalue weighted by molar-refractivity contribution is 0.243. The highest BCUT2D eigenvalue weighted by Crippen LogP contribution is 2.20. The molecule has 23 heavy (non-hydrogen) atoms. The van der Waals surface area contributed by atoms with Gasteiger partial charge in [-0.3, -0.25) is 0 Å². The van der Waals surface area contributed by atoms with Crippen molar-refractivity contribution in [2.24, 2.45) is 0 Å². The van der Waals surface area contributed by atoms with Gasteiger partial charge < -0.3 is 9.26 Å². The summed E-state index contributed by atoms with van der Waals surface area (Å²) in [5, 5.41) is 4.00. The van der Waals surface area contributed by atoms with Gasteiger partial charge in [0.1, 0.15) is 5.75 Å². The fraction of sp³-hybridized carbons (Fsp3) is 0.263. The van der Waals surface area contributed by atoms with Gasteiger partial charge in [0, 0.05) is 5.56 Å². The lowest BCUT2D eigenvalue weighted by atomic mass is 10.0. The third-order valence-corrected chi connectivity index (χ3v) is 3.69. The van der Waals surface area contributed by atoms with Crippen LogP contribution in [0.4, 0.5) is 0 Å². The van der Waals surface area contributed by atoms with Gasteiger partial charge in [0.15, 0.2) is 6.61 Å². The van der Waals surface area contributed by atoms with Crippen molar-refractivity contribution in [3.05, 3.63) is 65.5 Å². The van der Waals surface area contributed by atoms with Crippen LogP contribution >= 0.6 is 0 Å². The zero-order chi connectivity index (χ0) is 16.2. The van der Waals surface area contributed by atoms with E-state index in [-0.39, 0.29) is 6.61 Å². The first-order chi connectivity index (χ1) is 11.1. The van der Waals surface area contributed by atoms with Gasteiger partial charge in [-0.2, -0.15) is 4.98 Å². The molecule has 3 aromatic rings. The molecule has 0 aliphatic heterocycles. The Morgan fingerprint density at radius 3 is 2.35 bits per heavy atom. The smallest absolute Gasteiger partial charge is 0.264 e. The fourth-order valence-electron chi connectivity index (χ4n) is 2.23. The number of hydrogen-bond donors (Lipinski definition) is 0. The minimum absolute atomic E-state index is 0.264. The highest BCUT2D eigenvalue weighted by molar-refractivity contribution is 5.54. The van der Waals surface area contributed by atoms with Gasteiger partial charge in [-0.05, 0) is 30.5 Å². The molecule has 0 unspecified atom stereocenters. The first kappa shape index (κ1) is 15.3. The summed E-state index contributed by atoms with van der Waals surface area (Å²) in [7, 11) is 0. The highest BCUT2D eigenvalue weighted by atomic mass is 16.5. The SMILES string of the molecule is Cc1ccc(-c2noc(COc3ccc(C(C)C)cc3)n2)cc1. The standard InChI is InChI=1S/C19H20N2O2/c1-13(2)15-8-10-17(11-9-15)22-12-18-20-19(21-23-18)16-6-4-14(3)5-7-16/h4-11,13H,12H2,1-3H3. The summed E-state index contributed by atoms with van der Waals surface area (Å²) in [6.07, 6.45) is 0. The van der Waals surface area contributed by atoms with E-state index in [4.69, 9.17) is 9.26 Å². The van der Waals surface area contributed by atoms with Crippen molar-refractivity contribution in [1.29, 1.82) is 0 Å². The molecule has 1 aromatic heterocycles. The fourth-order valence-corrected chi connectivity index (χ4v) is 2.23. The van der Waals surface area contributed by atoms with Gasteiger partial charge in [0.05, 0.1) is 0 Å². The molecule has 0 bridgehead atoms. The maximum absolute atomic E-state index is 5.70. The van der Waals surface area contributed by atoms with Crippen molar-refractivity contribution in [2.75, 3.05) is 0 Å². The van der Waals surface area contributed by atoms with E-state index in [1.807, 2.05) is 43.3 Å². The van der Waals surface area contributed by atoms with Crippen molar-refractivity contribution in [1.82, 2.24) is 10.1 Å². The van der Waals surface area contributed by atoms with Crippen LogP contribution in [0.5, 0.6) is 5.75 Å². The van der Waals surface area contributed by atoms with Gasteiger partial charge in [-0.1, -0.05) is 61.0 Å². The van der Waals surface area contributed by atoms with Gasteiger partial charge in [-0.25, -0.2) is 0 Å². The van der Waals surface area contributed by atoms with E-state index < -0.39 is 0 Å². The Hall–Kier alpha value is -2.62. The summed E-state index contributed by atoms with van der Waals surface area (Å²) in [6.45, 7) is 6.64. The zero-order valence-electron chi connectivity index (χ0n) is 13.6. The average Bonchev–Trinajstić information content (AvgIpc) is 3.03. The second-order valence-electron chi connectivity index (χ2n) is 5.89. The van der Waals surface area contributed by atoms with E-state index in [2.05, 4.69) is 36.1 Å². The van der Waals surface area contributed by atoms with Crippen LogP contribution < -0.4 is 4.74 Å². The molecule has 0 amide bonds. The molecular formula is C19H20N2O2. The predicted molar refractivity (Wildman–Crippen MR) is 89.3 cm³/mol. The lowest BCUT2D eigenvalue weighted by Crippen LogP contribution is -1.96. The Bertz CT molecular complexity index is 759. The van der Waals surface area contributed by atoms with Crippen molar-refractivity contribution < 1.29 is 9.26 Å². The summed E-state index contributed by atoms with van der Waals surface area (Å²) in [4.78, 5) is 4.37. The van der Waals surface area contributed by atoms with Crippen LogP contribution in [0.25, 0.3) is 11.4 Å². The zero-order valence-corrected chi connectivity index (χ0v) is 13.6. The number of aromatic nitrogens is 2. The largest absolute Gasteiger partial charge is 0.484 e. The van der Waals surface area contributed by atoms with Crippen LogP contribution in [0.15, 0.2) is 53.1 Å². The van der Waals surface area contributed by atoms with Crippen molar-refractivity contribution >= 4 is 0 Å². The molecule has 0 fully saturated rings. The minimum Gasteiger partial charge on any atom is -0.484 e. The van der Waals surface area contributed by atoms with Gasteiger partial charge in [0.25, 0.3) is 5.89 Å². The molecule has 3 rings (SSSR count). The normalized spacial score (nSPS) is 11.0. The maximum atomic E-state index is 5.70. The second kappa shape index (κ2) is 6.65. The number of benzene rings is 2. The molecule has 118 valence electrons. The average molecular weight is 308 g/mol. The molecule has 4 heteroatoms. The molecular weight excluding hydrogens is 288 g/mol. The molecule has 0 aliphatic carbocycles. The summed E-state index contributed by atoms with van der Waals surface area (Å²) in [5.74, 6) is 2.36. The molecule has 0 spiro atoms. The van der Waals surface area contributed by atoms with E-state index in [9.17, 15) is 0 Å². The number of nitrogens with zero attached hydrogens (tertiary/aromatic N) is 2. The Morgan fingerprint density at radius 1 is 1.00 bits per heavy atom. The van der Waals surface area contributed by atoms with Crippen LogP contribution in [-0.2, 0) is 6.61 Å². The van der Waals surface area contributed by atoms with Crippen LogP contribution in [0.2, 0.25) is 0 Å². The molecule has 0 aliphatic rings. The summed E-state index contributed by atoms with van der Waals surface area (Å²) in [6, 6.07) is 16.1. The van der Waals surface area contributed by atoms with E-state index in [1.54, 1.807) is 0 Å². The lowest BCUT2D eigenvalue weighted by Gasteiger charge is -2.07. The topological polar surface area (TPSA) is 48.2 Å². The van der Waals surface area contributed by atoms with Crippen LogP contribution in [0.1, 0.15) is 36.8 Å². The second-order valence-corrected chi connectivity index (χ2v) is 5.89. The van der Waals surface area contributed by atoms with Crippen LogP contribution in [0.3, 0.4) is 0 Å². The molecule has 0 saturated carbocycles. The maximum Gasteiger partial charge on any atom is 0.264 e. The quantitative estimate of drug-likeness (QED) is 0.682. The number of rotatable bonds is 5. The van der Waals surface area contributed by atoms with E-state index in [0.29, 0.717) is 17.6 Å². The molecule has 0 atom stereocenters. The Morgan fingerprint density at radius 2 is 1.70 bits per heavy atom. The molecule has 4 nitrogen and oxygen atoms in total. The molecule has 0 saturated heterocycles. The molecule has 0 radical (unpaired) electrons. The van der Waals surface area contributed by atoms with Crippen LogP contribution in [0, 0.1) is 6.92 Å². The van der Waals surface area contributed by atoms with Gasteiger partial charge in [0.2, 0.25) is 5.82 Å². The van der Waals surface area contributed by atoms with Gasteiger partial charge >= 0.3 is 0 Å². The number of aryl methyl sites for hydroxylation is 1. The molecule has 0 N–H and O–H groups in total. The van der Waals surface area contributed by atoms with E-state index in [0.717, 1.165) is 11.3 Å². The Labute approximate surface area is 136 Å². The molecule has 1 heterocycles. The van der Waals surface area contributed by atoms with Crippen molar-refractivity contribution in [2.45, 2.75) is 33.3 Å². The summed E-state index contributed by atoms with van der Waals surface area (Å²) >= 11 is 0. The first-order valence-electron chi connectivity index (χ1n) is 7.74. The van der Waals surface area contributed by atoms with Crippen molar-refractivity contribution in [3.8, 4) is 17.1 Å². The summed E-state index contributed by atoms with van der Waals surface area (Å²) in [5.41, 5.74) is 3.43. The third-order valence-electron chi connectivity index (χ3n) is 3.69. The minimum atomic E-state index is 0.264. The predicted octanol–water partition coefficient (Wildman–Crippen LogP) is 4.75. The Kier molecular flexibility index (Phi) is 4.42.